The maximum Gasteiger partial charge on any atom is 0.0320 e. The van der Waals surface area contributed by atoms with Gasteiger partial charge in [-0.25, -0.2) is 0 Å². The maximum atomic E-state index is 5.97. The van der Waals surface area contributed by atoms with Gasteiger partial charge >= 0.3 is 0 Å². The van der Waals surface area contributed by atoms with Crippen LogP contribution in [0.3, 0.4) is 0 Å². The molecule has 0 fully saturated rings. The molecule has 4 N–H and O–H groups in total. The van der Waals surface area contributed by atoms with Gasteiger partial charge in [-0.2, -0.15) is 0 Å². The lowest BCUT2D eigenvalue weighted by Crippen LogP contribution is -1.90. The van der Waals surface area contributed by atoms with Gasteiger partial charge in [-0.1, -0.05) is 46.3 Å². The third-order valence-corrected chi connectivity index (χ3v) is 3.95. The van der Waals surface area contributed by atoms with E-state index in [0.717, 1.165) is 38.1 Å². The Morgan fingerprint density at radius 1 is 0.571 bits per heavy atom. The third kappa shape index (κ3) is 2.93. The van der Waals surface area contributed by atoms with E-state index < -0.39 is 0 Å². The lowest BCUT2D eigenvalue weighted by molar-refractivity contribution is 1.56. The van der Waals surface area contributed by atoms with E-state index in [4.69, 9.17) is 11.5 Å². The van der Waals surface area contributed by atoms with Crippen LogP contribution in [0.2, 0.25) is 0 Å². The van der Waals surface area contributed by atoms with Crippen molar-refractivity contribution in [2.45, 2.75) is 0 Å². The molecule has 3 aromatic rings. The molecule has 2 nitrogen and oxygen atoms in total. The zero-order chi connectivity index (χ0) is 14.8. The second kappa shape index (κ2) is 5.62. The lowest BCUT2D eigenvalue weighted by Gasteiger charge is -2.12. The van der Waals surface area contributed by atoms with Crippen LogP contribution in [-0.4, -0.2) is 0 Å². The molecule has 0 amide bonds. The highest BCUT2D eigenvalue weighted by atomic mass is 79.9. The summed E-state index contributed by atoms with van der Waals surface area (Å²) in [5.74, 6) is 0. The number of hydrogen-bond acceptors (Lipinski definition) is 2. The van der Waals surface area contributed by atoms with Gasteiger partial charge in [-0.15, -0.1) is 0 Å². The average molecular weight is 339 g/mol. The molecule has 0 unspecified atom stereocenters. The number of anilines is 2. The predicted octanol–water partition coefficient (Wildman–Crippen LogP) is 4.95. The third-order valence-electron chi connectivity index (χ3n) is 3.42. The Labute approximate surface area is 132 Å². The van der Waals surface area contributed by atoms with Crippen LogP contribution < -0.4 is 11.5 Å². The highest BCUT2D eigenvalue weighted by molar-refractivity contribution is 9.10. The van der Waals surface area contributed by atoms with Gasteiger partial charge < -0.3 is 11.5 Å². The summed E-state index contributed by atoms with van der Waals surface area (Å²) in [6.07, 6.45) is 0. The summed E-state index contributed by atoms with van der Waals surface area (Å²) < 4.78 is 1.06. The molecule has 0 spiro atoms. The minimum atomic E-state index is 0.757. The van der Waals surface area contributed by atoms with Crippen molar-refractivity contribution in [2.24, 2.45) is 0 Å². The van der Waals surface area contributed by atoms with Crippen LogP contribution in [0.4, 0.5) is 11.4 Å². The summed E-state index contributed by atoms with van der Waals surface area (Å²) in [5.41, 5.74) is 17.8. The van der Waals surface area contributed by atoms with Crippen LogP contribution in [0.5, 0.6) is 0 Å². The normalized spacial score (nSPS) is 10.5. The van der Waals surface area contributed by atoms with E-state index in [2.05, 4.69) is 34.1 Å². The number of halogens is 1. The van der Waals surface area contributed by atoms with Crippen molar-refractivity contribution in [3.05, 3.63) is 71.2 Å². The largest absolute Gasteiger partial charge is 0.399 e. The summed E-state index contributed by atoms with van der Waals surface area (Å²) in [6, 6.07) is 22.1. The van der Waals surface area contributed by atoms with Crippen molar-refractivity contribution in [1.82, 2.24) is 0 Å². The fourth-order valence-corrected chi connectivity index (χ4v) is 2.61. The molecule has 0 aliphatic rings. The Bertz CT molecular complexity index is 762. The highest BCUT2D eigenvalue weighted by Gasteiger charge is 2.08. The van der Waals surface area contributed by atoms with Crippen molar-refractivity contribution in [2.75, 3.05) is 11.5 Å². The number of nitrogens with two attached hydrogens (primary N) is 2. The van der Waals surface area contributed by atoms with E-state index in [-0.39, 0.29) is 0 Å². The summed E-state index contributed by atoms with van der Waals surface area (Å²) >= 11 is 3.47. The van der Waals surface area contributed by atoms with Gasteiger partial charge in [0.2, 0.25) is 0 Å². The zero-order valence-electron chi connectivity index (χ0n) is 11.4. The van der Waals surface area contributed by atoms with Crippen LogP contribution in [0.25, 0.3) is 22.3 Å². The molecule has 0 saturated carbocycles. The molecule has 3 rings (SSSR count). The maximum absolute atomic E-state index is 5.97. The minimum absolute atomic E-state index is 0.757. The van der Waals surface area contributed by atoms with Gasteiger partial charge in [0.25, 0.3) is 0 Å². The molecule has 0 heterocycles. The second-order valence-corrected chi connectivity index (χ2v) is 5.85. The van der Waals surface area contributed by atoms with E-state index in [1.165, 1.54) is 0 Å². The van der Waals surface area contributed by atoms with Crippen LogP contribution in [-0.2, 0) is 0 Å². The van der Waals surface area contributed by atoms with Gasteiger partial charge in [-0.3, -0.25) is 0 Å². The number of hydrogen-bond donors (Lipinski definition) is 2. The van der Waals surface area contributed by atoms with Gasteiger partial charge in [0.1, 0.15) is 0 Å². The smallest absolute Gasteiger partial charge is 0.0320 e. The minimum Gasteiger partial charge on any atom is -0.399 e. The first-order valence-electron chi connectivity index (χ1n) is 6.65. The van der Waals surface area contributed by atoms with Crippen LogP contribution >= 0.6 is 15.9 Å². The summed E-state index contributed by atoms with van der Waals surface area (Å²) in [4.78, 5) is 0. The number of benzene rings is 3. The molecule has 0 bridgehead atoms. The van der Waals surface area contributed by atoms with Gasteiger partial charge in [0.15, 0.2) is 0 Å². The molecular weight excluding hydrogens is 324 g/mol. The fourth-order valence-electron chi connectivity index (χ4n) is 2.34. The Balaban J connectivity index is 2.17. The number of nitrogen functional groups attached to an aromatic ring is 2. The molecular formula is C18H15BrN2. The molecule has 0 aliphatic heterocycles. The quantitative estimate of drug-likeness (QED) is 0.649. The average Bonchev–Trinajstić information content (AvgIpc) is 2.49. The first kappa shape index (κ1) is 13.7. The SMILES string of the molecule is Nc1ccc(-c2ccc(N)cc2-c2ccc(Br)cc2)cc1. The lowest BCUT2D eigenvalue weighted by atomic mass is 9.94. The molecule has 3 heteroatoms. The van der Waals surface area contributed by atoms with Crippen LogP contribution in [0.1, 0.15) is 0 Å². The highest BCUT2D eigenvalue weighted by Crippen LogP contribution is 2.34. The summed E-state index contributed by atoms with van der Waals surface area (Å²) in [5, 5.41) is 0. The fraction of sp³-hybridized carbons (Fsp3) is 0. The van der Waals surface area contributed by atoms with E-state index in [9.17, 15) is 0 Å². The number of rotatable bonds is 2. The molecule has 21 heavy (non-hydrogen) atoms. The molecule has 0 atom stereocenters. The molecule has 0 aliphatic carbocycles. The standard InChI is InChI=1S/C18H15BrN2/c19-14-5-1-13(2-6-14)18-11-16(21)9-10-17(18)12-3-7-15(20)8-4-12/h1-11H,20-21H2. The topological polar surface area (TPSA) is 52.0 Å². The Morgan fingerprint density at radius 2 is 1.10 bits per heavy atom. The van der Waals surface area contributed by atoms with E-state index in [0.29, 0.717) is 0 Å². The molecule has 0 radical (unpaired) electrons. The van der Waals surface area contributed by atoms with E-state index in [1.54, 1.807) is 0 Å². The van der Waals surface area contributed by atoms with Crippen molar-refractivity contribution in [3.63, 3.8) is 0 Å². The van der Waals surface area contributed by atoms with Crippen molar-refractivity contribution in [1.29, 1.82) is 0 Å². The Hall–Kier alpha value is -2.26. The molecule has 3 aromatic carbocycles. The van der Waals surface area contributed by atoms with Crippen molar-refractivity contribution < 1.29 is 0 Å². The zero-order valence-corrected chi connectivity index (χ0v) is 13.0. The van der Waals surface area contributed by atoms with E-state index in [1.807, 2.05) is 48.5 Å². The first-order chi connectivity index (χ1) is 10.1. The van der Waals surface area contributed by atoms with Crippen LogP contribution in [0, 0.1) is 0 Å². The second-order valence-electron chi connectivity index (χ2n) is 4.93. The van der Waals surface area contributed by atoms with Gasteiger partial charge in [0.05, 0.1) is 0 Å². The Morgan fingerprint density at radius 3 is 1.76 bits per heavy atom. The Kier molecular flexibility index (Phi) is 3.67. The van der Waals surface area contributed by atoms with Crippen molar-refractivity contribution >= 4 is 27.3 Å². The summed E-state index contributed by atoms with van der Waals surface area (Å²) in [7, 11) is 0. The molecule has 0 aromatic heterocycles. The molecule has 0 saturated heterocycles. The summed E-state index contributed by atoms with van der Waals surface area (Å²) in [6.45, 7) is 0. The predicted molar refractivity (Wildman–Crippen MR) is 93.8 cm³/mol. The van der Waals surface area contributed by atoms with Crippen LogP contribution in [0.15, 0.2) is 71.2 Å². The van der Waals surface area contributed by atoms with Crippen molar-refractivity contribution in [3.8, 4) is 22.3 Å². The first-order valence-corrected chi connectivity index (χ1v) is 7.44. The van der Waals surface area contributed by atoms with Gasteiger partial charge in [0, 0.05) is 15.8 Å². The van der Waals surface area contributed by atoms with E-state index >= 15 is 0 Å². The van der Waals surface area contributed by atoms with Gasteiger partial charge in [-0.05, 0) is 58.7 Å². The monoisotopic (exact) mass is 338 g/mol. The molecule has 104 valence electrons.